The van der Waals surface area contributed by atoms with E-state index >= 15 is 0 Å². The molecule has 2 rings (SSSR count). The summed E-state index contributed by atoms with van der Waals surface area (Å²) in [6, 6.07) is 7.37. The molecule has 2 aromatic rings. The zero-order valence-corrected chi connectivity index (χ0v) is 12.9. The molecule has 0 saturated carbocycles. The van der Waals surface area contributed by atoms with Crippen LogP contribution in [0.4, 0.5) is 15.9 Å². The number of halogens is 2. The van der Waals surface area contributed by atoms with E-state index in [0.29, 0.717) is 22.3 Å². The van der Waals surface area contributed by atoms with Gasteiger partial charge in [0.05, 0.1) is 5.56 Å². The minimum atomic E-state index is -0.351. The van der Waals surface area contributed by atoms with Gasteiger partial charge in [0.15, 0.2) is 5.82 Å². The van der Waals surface area contributed by atoms with Crippen molar-refractivity contribution < 1.29 is 9.18 Å². The number of pyridine rings is 1. The minimum Gasteiger partial charge on any atom is -0.309 e. The standard InChI is InChI=1S/C14H14BrFN4O/c1-2-20(11-5-3-10(16)4-6-11)14(21)12-7-9(15)8-18-13(12)19-17/h3-8H,2,17H2,1H3,(H,18,19). The van der Waals surface area contributed by atoms with Crippen LogP contribution in [0.2, 0.25) is 0 Å². The lowest BCUT2D eigenvalue weighted by Crippen LogP contribution is -2.32. The van der Waals surface area contributed by atoms with Crippen molar-refractivity contribution in [2.45, 2.75) is 6.92 Å². The largest absolute Gasteiger partial charge is 0.309 e. The molecule has 1 heterocycles. The summed E-state index contributed by atoms with van der Waals surface area (Å²) in [6.07, 6.45) is 1.54. The number of nitrogens with zero attached hydrogens (tertiary/aromatic N) is 2. The first-order valence-electron chi connectivity index (χ1n) is 6.26. The monoisotopic (exact) mass is 352 g/mol. The van der Waals surface area contributed by atoms with Gasteiger partial charge in [0, 0.05) is 22.9 Å². The first kappa shape index (κ1) is 15.4. The summed E-state index contributed by atoms with van der Waals surface area (Å²) >= 11 is 3.28. The van der Waals surface area contributed by atoms with Gasteiger partial charge in [-0.25, -0.2) is 15.2 Å². The fourth-order valence-electron chi connectivity index (χ4n) is 1.93. The number of rotatable bonds is 4. The topological polar surface area (TPSA) is 71.2 Å². The molecule has 0 bridgehead atoms. The highest BCUT2D eigenvalue weighted by molar-refractivity contribution is 9.10. The van der Waals surface area contributed by atoms with Gasteiger partial charge in [-0.05, 0) is 53.2 Å². The quantitative estimate of drug-likeness (QED) is 0.655. The van der Waals surface area contributed by atoms with Crippen molar-refractivity contribution in [2.24, 2.45) is 5.84 Å². The Morgan fingerprint density at radius 2 is 2.10 bits per heavy atom. The molecule has 7 heteroatoms. The number of nitrogen functional groups attached to an aromatic ring is 1. The predicted octanol–water partition coefficient (Wildman–Crippen LogP) is 2.94. The van der Waals surface area contributed by atoms with Gasteiger partial charge in [0.2, 0.25) is 0 Å². The van der Waals surface area contributed by atoms with E-state index in [1.165, 1.54) is 17.0 Å². The zero-order chi connectivity index (χ0) is 15.4. The lowest BCUT2D eigenvalue weighted by molar-refractivity contribution is 0.0988. The van der Waals surface area contributed by atoms with Crippen molar-refractivity contribution in [2.75, 3.05) is 16.9 Å². The Kier molecular flexibility index (Phi) is 4.87. The van der Waals surface area contributed by atoms with E-state index in [2.05, 4.69) is 26.3 Å². The number of benzene rings is 1. The van der Waals surface area contributed by atoms with E-state index in [1.54, 1.807) is 24.4 Å². The van der Waals surface area contributed by atoms with E-state index < -0.39 is 0 Å². The van der Waals surface area contributed by atoms with E-state index in [0.717, 1.165) is 0 Å². The molecule has 0 aliphatic carbocycles. The number of aromatic nitrogens is 1. The van der Waals surface area contributed by atoms with Crippen LogP contribution < -0.4 is 16.2 Å². The number of hydrogen-bond acceptors (Lipinski definition) is 4. The van der Waals surface area contributed by atoms with Gasteiger partial charge in [-0.15, -0.1) is 0 Å². The maximum Gasteiger partial charge on any atom is 0.262 e. The van der Waals surface area contributed by atoms with Crippen LogP contribution in [0, 0.1) is 5.82 Å². The molecule has 0 radical (unpaired) electrons. The number of carbonyl (C=O) groups excluding carboxylic acids is 1. The Morgan fingerprint density at radius 1 is 1.43 bits per heavy atom. The minimum absolute atomic E-state index is 0.272. The number of hydrogen-bond donors (Lipinski definition) is 2. The van der Waals surface area contributed by atoms with Crippen molar-refractivity contribution in [3.63, 3.8) is 0 Å². The van der Waals surface area contributed by atoms with Crippen molar-refractivity contribution >= 4 is 33.3 Å². The van der Waals surface area contributed by atoms with Crippen molar-refractivity contribution in [1.82, 2.24) is 4.98 Å². The highest BCUT2D eigenvalue weighted by Gasteiger charge is 2.20. The van der Waals surface area contributed by atoms with Crippen molar-refractivity contribution in [1.29, 1.82) is 0 Å². The molecule has 0 saturated heterocycles. The maximum atomic E-state index is 13.0. The van der Waals surface area contributed by atoms with Crippen LogP contribution in [-0.4, -0.2) is 17.4 Å². The normalized spacial score (nSPS) is 10.3. The Hall–Kier alpha value is -1.99. The molecule has 1 aromatic heterocycles. The van der Waals surface area contributed by atoms with E-state index in [9.17, 15) is 9.18 Å². The second kappa shape index (κ2) is 6.64. The van der Waals surface area contributed by atoms with Crippen molar-refractivity contribution in [3.8, 4) is 0 Å². The third kappa shape index (κ3) is 3.37. The molecule has 0 aliphatic heterocycles. The van der Waals surface area contributed by atoms with Crippen molar-refractivity contribution in [3.05, 3.63) is 52.4 Å². The van der Waals surface area contributed by atoms with Crippen LogP contribution in [0.15, 0.2) is 41.0 Å². The molecule has 1 aromatic carbocycles. The third-order valence-electron chi connectivity index (χ3n) is 2.92. The second-order valence-corrected chi connectivity index (χ2v) is 5.14. The highest BCUT2D eigenvalue weighted by Crippen LogP contribution is 2.23. The van der Waals surface area contributed by atoms with Crippen LogP contribution in [0.1, 0.15) is 17.3 Å². The molecule has 0 aliphatic rings. The molecule has 5 nitrogen and oxygen atoms in total. The lowest BCUT2D eigenvalue weighted by Gasteiger charge is -2.22. The van der Waals surface area contributed by atoms with Gasteiger partial charge in [-0.2, -0.15) is 0 Å². The third-order valence-corrected chi connectivity index (χ3v) is 3.35. The lowest BCUT2D eigenvalue weighted by atomic mass is 10.2. The number of amides is 1. The SMILES string of the molecule is CCN(C(=O)c1cc(Br)cnc1NN)c1ccc(F)cc1. The molecule has 1 amide bonds. The summed E-state index contributed by atoms with van der Waals surface area (Å²) in [7, 11) is 0. The summed E-state index contributed by atoms with van der Waals surface area (Å²) in [5.74, 6) is 5.05. The van der Waals surface area contributed by atoms with Crippen LogP contribution in [0.3, 0.4) is 0 Å². The van der Waals surface area contributed by atoms with Gasteiger partial charge in [-0.1, -0.05) is 0 Å². The summed E-state index contributed by atoms with van der Waals surface area (Å²) in [5.41, 5.74) is 3.34. The molecule has 0 fully saturated rings. The second-order valence-electron chi connectivity index (χ2n) is 4.22. The van der Waals surface area contributed by atoms with Gasteiger partial charge in [-0.3, -0.25) is 4.79 Å². The van der Waals surface area contributed by atoms with Gasteiger partial charge >= 0.3 is 0 Å². The molecule has 3 N–H and O–H groups in total. The summed E-state index contributed by atoms with van der Waals surface area (Å²) < 4.78 is 13.7. The molecule has 0 spiro atoms. The number of carbonyl (C=O) groups is 1. The van der Waals surface area contributed by atoms with Crippen LogP contribution in [-0.2, 0) is 0 Å². The average Bonchev–Trinajstić information content (AvgIpc) is 2.49. The number of anilines is 2. The van der Waals surface area contributed by atoms with Crippen LogP contribution in [0.5, 0.6) is 0 Å². The summed E-state index contributed by atoms with van der Waals surface area (Å²) in [6.45, 7) is 2.27. The molecule has 0 unspecified atom stereocenters. The Bertz CT molecular complexity index is 648. The van der Waals surface area contributed by atoms with E-state index in [-0.39, 0.29) is 17.5 Å². The Morgan fingerprint density at radius 3 is 2.67 bits per heavy atom. The van der Waals surface area contributed by atoms with E-state index in [4.69, 9.17) is 5.84 Å². The van der Waals surface area contributed by atoms with Gasteiger partial charge in [0.25, 0.3) is 5.91 Å². The molecule has 21 heavy (non-hydrogen) atoms. The first-order chi connectivity index (χ1) is 10.1. The summed E-state index contributed by atoms with van der Waals surface area (Å²) in [5, 5.41) is 0. The van der Waals surface area contributed by atoms with Crippen LogP contribution in [0.25, 0.3) is 0 Å². The number of nitrogens with two attached hydrogens (primary N) is 1. The molecule has 110 valence electrons. The zero-order valence-electron chi connectivity index (χ0n) is 11.3. The predicted molar refractivity (Wildman–Crippen MR) is 83.5 cm³/mol. The van der Waals surface area contributed by atoms with Crippen LogP contribution >= 0.6 is 15.9 Å². The van der Waals surface area contributed by atoms with E-state index in [1.807, 2.05) is 6.92 Å². The maximum absolute atomic E-state index is 13.0. The molecule has 0 atom stereocenters. The summed E-state index contributed by atoms with van der Waals surface area (Å²) in [4.78, 5) is 18.2. The fraction of sp³-hybridized carbons (Fsp3) is 0.143. The number of nitrogens with one attached hydrogen (secondary N) is 1. The smallest absolute Gasteiger partial charge is 0.262 e. The molecular weight excluding hydrogens is 339 g/mol. The fourth-order valence-corrected chi connectivity index (χ4v) is 2.26. The van der Waals surface area contributed by atoms with Gasteiger partial charge in [0.1, 0.15) is 5.82 Å². The first-order valence-corrected chi connectivity index (χ1v) is 7.05. The molecular formula is C14H14BrFN4O. The Labute approximate surface area is 130 Å². The highest BCUT2D eigenvalue weighted by atomic mass is 79.9. The van der Waals surface area contributed by atoms with Gasteiger partial charge < -0.3 is 10.3 Å². The average molecular weight is 353 g/mol. The Balaban J connectivity index is 2.41. The number of hydrazine groups is 1.